The molecule has 0 radical (unpaired) electrons. The van der Waals surface area contributed by atoms with Crippen LogP contribution in [0.25, 0.3) is 0 Å². The molecule has 2 aromatic carbocycles. The zero-order valence-electron chi connectivity index (χ0n) is 15.4. The van der Waals surface area contributed by atoms with E-state index in [1.165, 1.54) is 6.07 Å². The van der Waals surface area contributed by atoms with Crippen LogP contribution in [-0.2, 0) is 11.3 Å². The Kier molecular flexibility index (Phi) is 5.16. The zero-order valence-corrected chi connectivity index (χ0v) is 15.4. The van der Waals surface area contributed by atoms with E-state index in [1.54, 1.807) is 18.0 Å². The third kappa shape index (κ3) is 4.28. The lowest BCUT2D eigenvalue weighted by Crippen LogP contribution is -2.26. The van der Waals surface area contributed by atoms with Gasteiger partial charge in [0.2, 0.25) is 0 Å². The Morgan fingerprint density at radius 3 is 2.81 bits per heavy atom. The highest BCUT2D eigenvalue weighted by Crippen LogP contribution is 2.39. The topological polar surface area (TPSA) is 93.9 Å². The van der Waals surface area contributed by atoms with Crippen molar-refractivity contribution in [1.82, 2.24) is 0 Å². The SMILES string of the molecule is CC(C)Oc1cccc(CN(C)c2cc3c(cc2[N+](=O)[O-])OCC(=O)N3)c1. The van der Waals surface area contributed by atoms with Crippen molar-refractivity contribution in [3.63, 3.8) is 0 Å². The van der Waals surface area contributed by atoms with Gasteiger partial charge in [-0.05, 0) is 37.6 Å². The first-order valence-electron chi connectivity index (χ1n) is 8.55. The Hall–Kier alpha value is -3.29. The predicted octanol–water partition coefficient (Wildman–Crippen LogP) is 3.35. The summed E-state index contributed by atoms with van der Waals surface area (Å²) < 4.78 is 11.0. The number of nitrogens with one attached hydrogen (secondary N) is 1. The number of benzene rings is 2. The molecule has 0 fully saturated rings. The van der Waals surface area contributed by atoms with Gasteiger partial charge in [-0.1, -0.05) is 12.1 Å². The minimum absolute atomic E-state index is 0.0586. The van der Waals surface area contributed by atoms with E-state index in [2.05, 4.69) is 5.32 Å². The van der Waals surface area contributed by atoms with Crippen LogP contribution >= 0.6 is 0 Å². The summed E-state index contributed by atoms with van der Waals surface area (Å²) in [6, 6.07) is 10.5. The predicted molar refractivity (Wildman–Crippen MR) is 102 cm³/mol. The van der Waals surface area contributed by atoms with Crippen LogP contribution in [0, 0.1) is 10.1 Å². The Balaban J connectivity index is 1.89. The number of nitro benzene ring substituents is 1. The number of carbonyl (C=O) groups is 1. The number of hydrogen-bond acceptors (Lipinski definition) is 6. The van der Waals surface area contributed by atoms with Crippen molar-refractivity contribution in [2.75, 3.05) is 23.9 Å². The molecule has 27 heavy (non-hydrogen) atoms. The van der Waals surface area contributed by atoms with Gasteiger partial charge in [0.1, 0.15) is 11.4 Å². The average Bonchev–Trinajstić information content (AvgIpc) is 2.60. The first-order valence-corrected chi connectivity index (χ1v) is 8.55. The van der Waals surface area contributed by atoms with Gasteiger partial charge in [0.25, 0.3) is 11.6 Å². The van der Waals surface area contributed by atoms with Gasteiger partial charge in [-0.3, -0.25) is 14.9 Å². The number of carbonyl (C=O) groups excluding carboxylic acids is 1. The summed E-state index contributed by atoms with van der Waals surface area (Å²) in [5.74, 6) is 0.755. The molecule has 8 heteroatoms. The molecule has 142 valence electrons. The number of hydrogen-bond donors (Lipinski definition) is 1. The van der Waals surface area contributed by atoms with Crippen molar-refractivity contribution in [1.29, 1.82) is 0 Å². The molecule has 1 N–H and O–H groups in total. The largest absolute Gasteiger partial charge is 0.491 e. The number of amides is 1. The van der Waals surface area contributed by atoms with Gasteiger partial charge in [-0.25, -0.2) is 0 Å². The second-order valence-electron chi connectivity index (χ2n) is 6.60. The fourth-order valence-electron chi connectivity index (χ4n) is 2.90. The number of nitro groups is 1. The molecule has 1 aliphatic rings. The molecule has 0 bridgehead atoms. The van der Waals surface area contributed by atoms with Crippen LogP contribution in [0.4, 0.5) is 17.1 Å². The first kappa shape index (κ1) is 18.5. The Bertz CT molecular complexity index is 882. The number of fused-ring (bicyclic) bond motifs is 1. The molecule has 0 saturated heterocycles. The molecule has 0 saturated carbocycles. The van der Waals surface area contributed by atoms with E-state index in [0.717, 1.165) is 11.3 Å². The van der Waals surface area contributed by atoms with Gasteiger partial charge in [-0.15, -0.1) is 0 Å². The minimum Gasteiger partial charge on any atom is -0.491 e. The van der Waals surface area contributed by atoms with Crippen LogP contribution < -0.4 is 19.7 Å². The first-order chi connectivity index (χ1) is 12.8. The summed E-state index contributed by atoms with van der Waals surface area (Å²) in [5.41, 5.74) is 1.68. The normalized spacial score (nSPS) is 12.8. The van der Waals surface area contributed by atoms with Crippen LogP contribution in [0.2, 0.25) is 0 Å². The average molecular weight is 371 g/mol. The summed E-state index contributed by atoms with van der Waals surface area (Å²) in [6.45, 7) is 4.18. The minimum atomic E-state index is -0.454. The smallest absolute Gasteiger partial charge is 0.296 e. The maximum absolute atomic E-state index is 11.5. The van der Waals surface area contributed by atoms with Crippen LogP contribution in [0.1, 0.15) is 19.4 Å². The highest BCUT2D eigenvalue weighted by atomic mass is 16.6. The molecule has 0 aliphatic carbocycles. The molecular weight excluding hydrogens is 350 g/mol. The van der Waals surface area contributed by atoms with E-state index in [-0.39, 0.29) is 24.3 Å². The van der Waals surface area contributed by atoms with Gasteiger partial charge in [0, 0.05) is 13.6 Å². The zero-order chi connectivity index (χ0) is 19.6. The molecular formula is C19H21N3O5. The fourth-order valence-corrected chi connectivity index (χ4v) is 2.90. The number of nitrogens with zero attached hydrogens (tertiary/aromatic N) is 2. The summed E-state index contributed by atoms with van der Waals surface area (Å²) in [4.78, 5) is 24.4. The summed E-state index contributed by atoms with van der Waals surface area (Å²) in [5, 5.41) is 14.2. The van der Waals surface area contributed by atoms with Crippen molar-refractivity contribution in [2.45, 2.75) is 26.5 Å². The van der Waals surface area contributed by atoms with Gasteiger partial charge in [0.15, 0.2) is 12.4 Å². The Morgan fingerprint density at radius 2 is 2.11 bits per heavy atom. The van der Waals surface area contributed by atoms with Gasteiger partial charge < -0.3 is 19.7 Å². The fraction of sp³-hybridized carbons (Fsp3) is 0.316. The van der Waals surface area contributed by atoms with Crippen molar-refractivity contribution in [3.05, 3.63) is 52.1 Å². The van der Waals surface area contributed by atoms with Crippen LogP contribution in [-0.4, -0.2) is 30.6 Å². The van der Waals surface area contributed by atoms with Crippen LogP contribution in [0.3, 0.4) is 0 Å². The van der Waals surface area contributed by atoms with E-state index in [0.29, 0.717) is 23.7 Å². The van der Waals surface area contributed by atoms with Crippen molar-refractivity contribution < 1.29 is 19.2 Å². The standard InChI is InChI=1S/C19H21N3O5/c1-12(2)27-14-6-4-5-13(7-14)10-21(3)16-8-15-18(9-17(16)22(24)25)26-11-19(23)20-15/h4-9,12H,10-11H2,1-3H3,(H,20,23). The lowest BCUT2D eigenvalue weighted by atomic mass is 10.1. The van der Waals surface area contributed by atoms with E-state index in [1.807, 2.05) is 38.1 Å². The second kappa shape index (κ2) is 7.53. The quantitative estimate of drug-likeness (QED) is 0.618. The molecule has 1 aliphatic heterocycles. The van der Waals surface area contributed by atoms with Crippen molar-refractivity contribution >= 4 is 23.0 Å². The van der Waals surface area contributed by atoms with E-state index >= 15 is 0 Å². The summed E-state index contributed by atoms with van der Waals surface area (Å²) >= 11 is 0. The van der Waals surface area contributed by atoms with E-state index < -0.39 is 4.92 Å². The van der Waals surface area contributed by atoms with Gasteiger partial charge in [0.05, 0.1) is 22.8 Å². The monoisotopic (exact) mass is 371 g/mol. The third-order valence-corrected chi connectivity index (χ3v) is 4.01. The number of rotatable bonds is 6. The lowest BCUT2D eigenvalue weighted by Gasteiger charge is -2.23. The second-order valence-corrected chi connectivity index (χ2v) is 6.60. The molecule has 0 spiro atoms. The number of ether oxygens (including phenoxy) is 2. The molecule has 8 nitrogen and oxygen atoms in total. The maximum Gasteiger partial charge on any atom is 0.296 e. The molecule has 2 aromatic rings. The van der Waals surface area contributed by atoms with E-state index in [4.69, 9.17) is 9.47 Å². The number of anilines is 2. The highest BCUT2D eigenvalue weighted by molar-refractivity contribution is 5.96. The highest BCUT2D eigenvalue weighted by Gasteiger charge is 2.25. The maximum atomic E-state index is 11.5. The van der Waals surface area contributed by atoms with Crippen molar-refractivity contribution in [3.8, 4) is 11.5 Å². The van der Waals surface area contributed by atoms with Crippen LogP contribution in [0.15, 0.2) is 36.4 Å². The molecule has 1 heterocycles. The Labute approximate surface area is 156 Å². The Morgan fingerprint density at radius 1 is 1.33 bits per heavy atom. The van der Waals surface area contributed by atoms with Gasteiger partial charge >= 0.3 is 0 Å². The lowest BCUT2D eigenvalue weighted by molar-refractivity contribution is -0.384. The summed E-state index contributed by atoms with van der Waals surface area (Å²) in [6.07, 6.45) is 0.0586. The molecule has 0 unspecified atom stereocenters. The third-order valence-electron chi connectivity index (χ3n) is 4.01. The molecule has 1 amide bonds. The summed E-state index contributed by atoms with van der Waals surface area (Å²) in [7, 11) is 1.76. The molecule has 0 aromatic heterocycles. The molecule has 0 atom stereocenters. The van der Waals surface area contributed by atoms with Crippen molar-refractivity contribution in [2.24, 2.45) is 0 Å². The van der Waals surface area contributed by atoms with E-state index in [9.17, 15) is 14.9 Å². The van der Waals surface area contributed by atoms with Gasteiger partial charge in [-0.2, -0.15) is 0 Å². The molecule has 3 rings (SSSR count). The van der Waals surface area contributed by atoms with Crippen LogP contribution in [0.5, 0.6) is 11.5 Å².